The van der Waals surface area contributed by atoms with E-state index in [1.807, 2.05) is 13.8 Å². The van der Waals surface area contributed by atoms with E-state index in [-0.39, 0.29) is 12.2 Å². The lowest BCUT2D eigenvalue weighted by Gasteiger charge is -2.45. The molecule has 0 aromatic rings. The highest BCUT2D eigenvalue weighted by molar-refractivity contribution is 6.77. The number of rotatable bonds is 8. The summed E-state index contributed by atoms with van der Waals surface area (Å²) in [5, 5.41) is 0. The van der Waals surface area contributed by atoms with Gasteiger partial charge in [0.2, 0.25) is 0 Å². The summed E-state index contributed by atoms with van der Waals surface area (Å²) in [5.41, 5.74) is 1.67. The molecule has 1 aliphatic rings. The van der Waals surface area contributed by atoms with Crippen molar-refractivity contribution >= 4 is 14.6 Å². The minimum atomic E-state index is -1.89. The molecule has 2 atom stereocenters. The summed E-state index contributed by atoms with van der Waals surface area (Å²) in [6, 6.07) is 0. The van der Waals surface area contributed by atoms with Crippen molar-refractivity contribution in [2.45, 2.75) is 103 Å². The van der Waals surface area contributed by atoms with Gasteiger partial charge in [0.1, 0.15) is 6.29 Å². The number of carbonyl (C=O) groups is 1. The number of ether oxygens (including phenoxy) is 2. The molecule has 0 N–H and O–H groups in total. The largest absolute Gasteiger partial charge is 0.413 e. The molecule has 0 aromatic heterocycles. The third-order valence-electron chi connectivity index (χ3n) is 5.01. The van der Waals surface area contributed by atoms with Crippen LogP contribution < -0.4 is 0 Å². The molecule has 0 aromatic carbocycles. The van der Waals surface area contributed by atoms with E-state index < -0.39 is 14.1 Å². The summed E-state index contributed by atoms with van der Waals surface area (Å²) in [6.07, 6.45) is 2.00. The number of hydrogen-bond acceptors (Lipinski definition) is 4. The van der Waals surface area contributed by atoms with Crippen LogP contribution in [0.1, 0.15) is 68.2 Å². The van der Waals surface area contributed by atoms with E-state index in [0.29, 0.717) is 29.7 Å². The van der Waals surface area contributed by atoms with Crippen LogP contribution in [0.3, 0.4) is 0 Å². The number of carbonyl (C=O) groups excluding carboxylic acids is 1. The first kappa shape index (κ1) is 20.8. The zero-order valence-electron chi connectivity index (χ0n) is 16.2. The van der Waals surface area contributed by atoms with Gasteiger partial charge in [-0.2, -0.15) is 0 Å². The summed E-state index contributed by atoms with van der Waals surface area (Å²) in [6.45, 7) is 18.2. The van der Waals surface area contributed by atoms with Crippen molar-refractivity contribution in [1.82, 2.24) is 0 Å². The molecule has 0 aliphatic carbocycles. The molecule has 0 radical (unpaired) electrons. The minimum Gasteiger partial charge on any atom is -0.413 e. The highest BCUT2D eigenvalue weighted by atomic mass is 28.4. The molecule has 0 amide bonds. The van der Waals surface area contributed by atoms with Crippen molar-refractivity contribution in [1.29, 1.82) is 0 Å². The zero-order chi connectivity index (χ0) is 17.8. The summed E-state index contributed by atoms with van der Waals surface area (Å²) < 4.78 is 18.5. The van der Waals surface area contributed by atoms with Gasteiger partial charge in [-0.25, -0.2) is 0 Å². The maximum absolute atomic E-state index is 10.8. The van der Waals surface area contributed by atoms with Crippen molar-refractivity contribution < 1.29 is 18.7 Å². The van der Waals surface area contributed by atoms with Crippen LogP contribution in [0.25, 0.3) is 0 Å². The van der Waals surface area contributed by atoms with Crippen LogP contribution >= 0.6 is 0 Å². The van der Waals surface area contributed by atoms with E-state index in [1.54, 1.807) is 0 Å². The second-order valence-electron chi connectivity index (χ2n) is 8.15. The molecule has 23 heavy (non-hydrogen) atoms. The third kappa shape index (κ3) is 5.12. The van der Waals surface area contributed by atoms with Gasteiger partial charge in [0, 0.05) is 12.8 Å². The van der Waals surface area contributed by atoms with Crippen LogP contribution in [0.15, 0.2) is 0 Å². The Labute approximate surface area is 143 Å². The first-order valence-electron chi connectivity index (χ1n) is 8.98. The Morgan fingerprint density at radius 2 is 1.52 bits per heavy atom. The van der Waals surface area contributed by atoms with Crippen LogP contribution in [0.5, 0.6) is 0 Å². The first-order chi connectivity index (χ1) is 10.5. The average Bonchev–Trinajstić information content (AvgIpc) is 2.36. The molecule has 0 saturated carbocycles. The molecule has 4 nitrogen and oxygen atoms in total. The van der Waals surface area contributed by atoms with Gasteiger partial charge in [0.25, 0.3) is 0 Å². The van der Waals surface area contributed by atoms with Gasteiger partial charge in [-0.3, -0.25) is 0 Å². The smallest absolute Gasteiger partial charge is 0.200 e. The fourth-order valence-electron chi connectivity index (χ4n) is 4.31. The Bertz CT molecular complexity index is 357. The lowest BCUT2D eigenvalue weighted by atomic mass is 10.1. The van der Waals surface area contributed by atoms with Crippen molar-refractivity contribution in [3.8, 4) is 0 Å². The lowest BCUT2D eigenvalue weighted by molar-refractivity contribution is -0.302. The molecular weight excluding hydrogens is 308 g/mol. The number of aldehydes is 1. The van der Waals surface area contributed by atoms with Crippen LogP contribution in [0.4, 0.5) is 0 Å². The van der Waals surface area contributed by atoms with Gasteiger partial charge in [-0.05, 0) is 30.5 Å². The minimum absolute atomic E-state index is 0.00757. The predicted molar refractivity (Wildman–Crippen MR) is 96.1 cm³/mol. The molecule has 0 unspecified atom stereocenters. The van der Waals surface area contributed by atoms with Gasteiger partial charge in [-0.1, -0.05) is 41.5 Å². The molecule has 0 bridgehead atoms. The van der Waals surface area contributed by atoms with Gasteiger partial charge < -0.3 is 18.7 Å². The van der Waals surface area contributed by atoms with E-state index in [2.05, 4.69) is 41.5 Å². The highest BCUT2D eigenvalue weighted by Gasteiger charge is 2.46. The fraction of sp³-hybridized carbons (Fsp3) is 0.944. The molecule has 0 spiro atoms. The summed E-state index contributed by atoms with van der Waals surface area (Å²) in [5.74, 6) is -0.655. The molecule has 1 aliphatic heterocycles. The molecular formula is C18H36O4Si. The third-order valence-corrected chi connectivity index (χ3v) is 11.1. The maximum Gasteiger partial charge on any atom is 0.200 e. The van der Waals surface area contributed by atoms with E-state index in [1.165, 1.54) is 0 Å². The quantitative estimate of drug-likeness (QED) is 0.474. The Kier molecular flexibility index (Phi) is 7.45. The van der Waals surface area contributed by atoms with Gasteiger partial charge >= 0.3 is 0 Å². The summed E-state index contributed by atoms with van der Waals surface area (Å²) >= 11 is 0. The normalized spacial score (nSPS) is 25.3. The van der Waals surface area contributed by atoms with Gasteiger partial charge in [0.15, 0.2) is 14.1 Å². The van der Waals surface area contributed by atoms with Crippen LogP contribution in [0.2, 0.25) is 16.6 Å². The predicted octanol–water partition coefficient (Wildman–Crippen LogP) is 4.68. The molecule has 136 valence electrons. The highest BCUT2D eigenvalue weighted by Crippen LogP contribution is 2.42. The van der Waals surface area contributed by atoms with Crippen molar-refractivity contribution in [3.05, 3.63) is 0 Å². The molecule has 5 heteroatoms. The Morgan fingerprint density at radius 3 is 1.96 bits per heavy atom. The molecule has 1 saturated heterocycles. The van der Waals surface area contributed by atoms with Crippen LogP contribution in [0, 0.1) is 0 Å². The van der Waals surface area contributed by atoms with Crippen LogP contribution in [-0.4, -0.2) is 39.2 Å². The Morgan fingerprint density at radius 1 is 1.04 bits per heavy atom. The molecule has 1 rings (SSSR count). The second kappa shape index (κ2) is 8.23. The monoisotopic (exact) mass is 344 g/mol. The topological polar surface area (TPSA) is 44.8 Å². The first-order valence-corrected chi connectivity index (χ1v) is 11.1. The average molecular weight is 345 g/mol. The Balaban J connectivity index is 2.82. The van der Waals surface area contributed by atoms with E-state index in [9.17, 15) is 4.79 Å². The van der Waals surface area contributed by atoms with Crippen LogP contribution in [-0.2, 0) is 18.7 Å². The standard InChI is InChI=1S/C18H36O4Si/c1-13(2)23(14(3)4,15(5)6)20-12-17-11-16(9-10-19)21-18(7,8)22-17/h10,13-17H,9,11-12H2,1-8H3/t16-,17-/m0/s1. The fourth-order valence-corrected chi connectivity index (χ4v) is 9.79. The zero-order valence-corrected chi connectivity index (χ0v) is 17.2. The van der Waals surface area contributed by atoms with E-state index >= 15 is 0 Å². The summed E-state index contributed by atoms with van der Waals surface area (Å²) in [7, 11) is -1.89. The maximum atomic E-state index is 10.8. The second-order valence-corrected chi connectivity index (χ2v) is 13.6. The molecule has 1 fully saturated rings. The van der Waals surface area contributed by atoms with Gasteiger partial charge in [0.05, 0.1) is 18.8 Å². The Hall–Kier alpha value is -0.233. The van der Waals surface area contributed by atoms with Crippen molar-refractivity contribution in [3.63, 3.8) is 0 Å². The number of hydrogen-bond donors (Lipinski definition) is 0. The SMILES string of the molecule is CC(C)[Si](OC[C@@H]1C[C@H](CC=O)OC(C)(C)O1)(C(C)C)C(C)C. The molecule has 1 heterocycles. The summed E-state index contributed by atoms with van der Waals surface area (Å²) in [4.78, 5) is 10.8. The van der Waals surface area contributed by atoms with E-state index in [4.69, 9.17) is 13.9 Å². The van der Waals surface area contributed by atoms with Crippen molar-refractivity contribution in [2.24, 2.45) is 0 Å². The lowest BCUT2D eigenvalue weighted by Crippen LogP contribution is -2.52. The van der Waals surface area contributed by atoms with Gasteiger partial charge in [-0.15, -0.1) is 0 Å². The van der Waals surface area contributed by atoms with Crippen molar-refractivity contribution in [2.75, 3.05) is 6.61 Å². The van der Waals surface area contributed by atoms with E-state index in [0.717, 1.165) is 12.7 Å².